The van der Waals surface area contributed by atoms with Gasteiger partial charge in [0.1, 0.15) is 5.75 Å². The van der Waals surface area contributed by atoms with E-state index in [4.69, 9.17) is 0 Å². The topological polar surface area (TPSA) is 79.4 Å². The summed E-state index contributed by atoms with van der Waals surface area (Å²) in [6, 6.07) is 1.49. The molecule has 0 aliphatic rings. The summed E-state index contributed by atoms with van der Waals surface area (Å²) < 4.78 is 4.62. The van der Waals surface area contributed by atoms with Crippen LogP contribution in [0.2, 0.25) is 0 Å². The highest BCUT2D eigenvalue weighted by Crippen LogP contribution is 2.31. The van der Waals surface area contributed by atoms with E-state index < -0.39 is 5.97 Å². The van der Waals surface area contributed by atoms with E-state index in [2.05, 4.69) is 9.72 Å². The maximum atomic E-state index is 11.9. The molecule has 2 N–H and O–H groups in total. The molecule has 1 aromatic rings. The molecule has 0 radical (unpaired) electrons. The summed E-state index contributed by atoms with van der Waals surface area (Å²) in [4.78, 5) is 25.9. The van der Waals surface area contributed by atoms with Crippen LogP contribution in [-0.4, -0.2) is 23.2 Å². The number of pyridine rings is 1. The molecule has 1 heterocycles. The monoisotopic (exact) mass is 253 g/mol. The van der Waals surface area contributed by atoms with Crippen LogP contribution in [0.5, 0.6) is 5.75 Å². The number of hydrogen-bond acceptors (Lipinski definition) is 4. The van der Waals surface area contributed by atoms with Crippen molar-refractivity contribution in [3.63, 3.8) is 0 Å². The molecule has 18 heavy (non-hydrogen) atoms. The zero-order chi connectivity index (χ0) is 13.9. The maximum Gasteiger partial charge on any atom is 0.306 e. The lowest BCUT2D eigenvalue weighted by Gasteiger charge is -2.20. The number of esters is 1. The van der Waals surface area contributed by atoms with E-state index in [1.54, 1.807) is 6.92 Å². The molecule has 0 spiro atoms. The summed E-state index contributed by atoms with van der Waals surface area (Å²) in [5, 5.41) is 9.90. The highest BCUT2D eigenvalue weighted by atomic mass is 16.5. The first-order valence-corrected chi connectivity index (χ1v) is 5.86. The number of rotatable bonds is 4. The lowest BCUT2D eigenvalue weighted by atomic mass is 9.86. The van der Waals surface area contributed by atoms with Crippen molar-refractivity contribution in [3.05, 3.63) is 27.7 Å². The number of H-pyrrole nitrogens is 1. The Kier molecular flexibility index (Phi) is 4.53. The van der Waals surface area contributed by atoms with Crippen LogP contribution in [0.25, 0.3) is 0 Å². The number of methoxy groups -OCH3 is 1. The van der Waals surface area contributed by atoms with Gasteiger partial charge in [0, 0.05) is 11.6 Å². The fourth-order valence-corrected chi connectivity index (χ4v) is 1.97. The molecule has 0 aromatic carbocycles. The van der Waals surface area contributed by atoms with Crippen LogP contribution >= 0.6 is 0 Å². The van der Waals surface area contributed by atoms with Gasteiger partial charge in [-0.2, -0.15) is 0 Å². The van der Waals surface area contributed by atoms with Gasteiger partial charge in [0.05, 0.1) is 19.1 Å². The summed E-state index contributed by atoms with van der Waals surface area (Å²) in [7, 11) is 1.30. The lowest BCUT2D eigenvalue weighted by molar-refractivity contribution is -0.141. The Hall–Kier alpha value is -1.78. The van der Waals surface area contributed by atoms with Crippen LogP contribution in [0.4, 0.5) is 0 Å². The van der Waals surface area contributed by atoms with Crippen LogP contribution in [-0.2, 0) is 9.53 Å². The Labute approximate surface area is 106 Å². The molecule has 0 amide bonds. The van der Waals surface area contributed by atoms with E-state index in [-0.39, 0.29) is 35.1 Å². The van der Waals surface area contributed by atoms with Gasteiger partial charge in [-0.3, -0.25) is 9.59 Å². The van der Waals surface area contributed by atoms with E-state index in [9.17, 15) is 14.7 Å². The third kappa shape index (κ3) is 3.12. The molecule has 1 atom stereocenters. The van der Waals surface area contributed by atoms with Gasteiger partial charge in [-0.1, -0.05) is 13.8 Å². The summed E-state index contributed by atoms with van der Waals surface area (Å²) in [5.74, 6) is -0.785. The number of ether oxygens (including phenoxy) is 1. The van der Waals surface area contributed by atoms with Gasteiger partial charge in [-0.15, -0.1) is 0 Å². The molecule has 0 aliphatic heterocycles. The first-order valence-electron chi connectivity index (χ1n) is 5.86. The first kappa shape index (κ1) is 14.3. The molecule has 1 aromatic heterocycles. The largest absolute Gasteiger partial charge is 0.507 e. The minimum Gasteiger partial charge on any atom is -0.507 e. The van der Waals surface area contributed by atoms with Crippen molar-refractivity contribution in [2.45, 2.75) is 33.1 Å². The van der Waals surface area contributed by atoms with E-state index in [1.165, 1.54) is 13.2 Å². The van der Waals surface area contributed by atoms with Crippen LogP contribution in [0.1, 0.15) is 37.4 Å². The van der Waals surface area contributed by atoms with Crippen molar-refractivity contribution >= 4 is 5.97 Å². The summed E-state index contributed by atoms with van der Waals surface area (Å²) in [6.45, 7) is 5.48. The Morgan fingerprint density at radius 1 is 1.50 bits per heavy atom. The number of aromatic amines is 1. The van der Waals surface area contributed by atoms with Crippen LogP contribution < -0.4 is 5.56 Å². The number of hydrogen-bond donors (Lipinski definition) is 2. The molecule has 0 saturated heterocycles. The number of aryl methyl sites for hydroxylation is 1. The highest BCUT2D eigenvalue weighted by molar-refractivity contribution is 5.70. The Balaban J connectivity index is 3.22. The molecule has 5 heteroatoms. The standard InChI is InChI=1S/C13H19NO4/c1-7(2)9(6-11(16)18-4)12-10(15)5-8(3)14-13(12)17/h5,7,9H,6H2,1-4H3,(H2,14,15,17)/t9-/m0/s1. The third-order valence-corrected chi connectivity index (χ3v) is 2.97. The predicted octanol–water partition coefficient (Wildman–Crippen LogP) is 1.69. The molecular weight excluding hydrogens is 234 g/mol. The average Bonchev–Trinajstić information content (AvgIpc) is 2.25. The van der Waals surface area contributed by atoms with Gasteiger partial charge < -0.3 is 14.8 Å². The van der Waals surface area contributed by atoms with Gasteiger partial charge in [0.2, 0.25) is 0 Å². The van der Waals surface area contributed by atoms with Crippen molar-refractivity contribution in [1.82, 2.24) is 4.98 Å². The second-order valence-corrected chi connectivity index (χ2v) is 4.71. The first-order chi connectivity index (χ1) is 8.36. The SMILES string of the molecule is COC(=O)C[C@H](c1c(O)cc(C)[nH]c1=O)C(C)C. The highest BCUT2D eigenvalue weighted by Gasteiger charge is 2.25. The molecule has 1 rings (SSSR count). The van der Waals surface area contributed by atoms with Crippen molar-refractivity contribution in [2.75, 3.05) is 7.11 Å². The third-order valence-electron chi connectivity index (χ3n) is 2.97. The van der Waals surface area contributed by atoms with Crippen LogP contribution in [0.3, 0.4) is 0 Å². The predicted molar refractivity (Wildman–Crippen MR) is 67.7 cm³/mol. The Bertz CT molecular complexity index is 490. The second-order valence-electron chi connectivity index (χ2n) is 4.71. The quantitative estimate of drug-likeness (QED) is 0.800. The smallest absolute Gasteiger partial charge is 0.306 e. The minimum absolute atomic E-state index is 0.0406. The summed E-state index contributed by atoms with van der Waals surface area (Å²) >= 11 is 0. The summed E-state index contributed by atoms with van der Waals surface area (Å²) in [5.41, 5.74) is 0.484. The zero-order valence-electron chi connectivity index (χ0n) is 11.1. The second kappa shape index (κ2) is 5.71. The Morgan fingerprint density at radius 2 is 2.11 bits per heavy atom. The van der Waals surface area contributed by atoms with Crippen molar-refractivity contribution in [2.24, 2.45) is 5.92 Å². The molecule has 5 nitrogen and oxygen atoms in total. The van der Waals surface area contributed by atoms with Gasteiger partial charge in [0.15, 0.2) is 0 Å². The Morgan fingerprint density at radius 3 is 2.56 bits per heavy atom. The lowest BCUT2D eigenvalue weighted by Crippen LogP contribution is -2.23. The van der Waals surface area contributed by atoms with Gasteiger partial charge >= 0.3 is 5.97 Å². The van der Waals surface area contributed by atoms with Crippen molar-refractivity contribution < 1.29 is 14.6 Å². The number of carbonyl (C=O) groups is 1. The minimum atomic E-state index is -0.395. The molecular formula is C13H19NO4. The maximum absolute atomic E-state index is 11.9. The van der Waals surface area contributed by atoms with Gasteiger partial charge in [-0.25, -0.2) is 0 Å². The number of nitrogens with one attached hydrogen (secondary N) is 1. The molecule has 0 unspecified atom stereocenters. The average molecular weight is 253 g/mol. The van der Waals surface area contributed by atoms with Crippen LogP contribution in [0, 0.1) is 12.8 Å². The molecule has 0 bridgehead atoms. The molecule has 100 valence electrons. The summed E-state index contributed by atoms with van der Waals surface area (Å²) in [6.07, 6.45) is 0.0772. The van der Waals surface area contributed by atoms with E-state index in [0.717, 1.165) is 0 Å². The fourth-order valence-electron chi connectivity index (χ4n) is 1.97. The van der Waals surface area contributed by atoms with E-state index >= 15 is 0 Å². The van der Waals surface area contributed by atoms with Crippen LogP contribution in [0.15, 0.2) is 10.9 Å². The van der Waals surface area contributed by atoms with Gasteiger partial charge in [-0.05, 0) is 18.9 Å². The van der Waals surface area contributed by atoms with Crippen molar-refractivity contribution in [1.29, 1.82) is 0 Å². The van der Waals surface area contributed by atoms with E-state index in [0.29, 0.717) is 5.69 Å². The zero-order valence-corrected chi connectivity index (χ0v) is 11.1. The molecule has 0 fully saturated rings. The number of aromatic nitrogens is 1. The molecule has 0 saturated carbocycles. The van der Waals surface area contributed by atoms with Gasteiger partial charge in [0.25, 0.3) is 5.56 Å². The fraction of sp³-hybridized carbons (Fsp3) is 0.538. The number of aromatic hydroxyl groups is 1. The van der Waals surface area contributed by atoms with E-state index in [1.807, 2.05) is 13.8 Å². The normalized spacial score (nSPS) is 12.5. The van der Waals surface area contributed by atoms with Crippen molar-refractivity contribution in [3.8, 4) is 5.75 Å². The number of carbonyl (C=O) groups excluding carboxylic acids is 1. The molecule has 0 aliphatic carbocycles.